The van der Waals surface area contributed by atoms with Crippen molar-refractivity contribution in [2.75, 3.05) is 26.4 Å². The molecule has 11 nitrogen and oxygen atoms in total. The molecule has 0 saturated carbocycles. The Bertz CT molecular complexity index is 1620. The molecule has 1 aromatic heterocycles. The van der Waals surface area contributed by atoms with E-state index in [0.717, 1.165) is 39.3 Å². The SMILES string of the molecule is Cc1c(COc2cc(OCc3cccnc3)c(CNC[C@H](O)[C@@H](O)[C@H](O)[C@H](O)CO)cc2Cl)cccc1-c1ccc2c(c1)OCCO2. The van der Waals surface area contributed by atoms with Crippen LogP contribution in [0, 0.1) is 6.92 Å². The average Bonchev–Trinajstić information content (AvgIpc) is 3.10. The largest absolute Gasteiger partial charge is 0.488 e. The summed E-state index contributed by atoms with van der Waals surface area (Å²) in [5, 5.41) is 52.3. The molecule has 4 atom stereocenters. The van der Waals surface area contributed by atoms with Crippen LogP contribution in [0.3, 0.4) is 0 Å². The Morgan fingerprint density at radius 3 is 2.38 bits per heavy atom. The number of aromatic nitrogens is 1. The first-order valence-corrected chi connectivity index (χ1v) is 15.6. The summed E-state index contributed by atoms with van der Waals surface area (Å²) in [5.74, 6) is 2.35. The highest BCUT2D eigenvalue weighted by Gasteiger charge is 2.29. The number of ether oxygens (including phenoxy) is 4. The van der Waals surface area contributed by atoms with Crippen LogP contribution in [0.2, 0.25) is 5.02 Å². The zero-order valence-electron chi connectivity index (χ0n) is 25.9. The highest BCUT2D eigenvalue weighted by molar-refractivity contribution is 6.32. The summed E-state index contributed by atoms with van der Waals surface area (Å²) in [7, 11) is 0. The van der Waals surface area contributed by atoms with Crippen LogP contribution in [-0.2, 0) is 19.8 Å². The van der Waals surface area contributed by atoms with Gasteiger partial charge in [-0.25, -0.2) is 0 Å². The number of pyridine rings is 1. The lowest BCUT2D eigenvalue weighted by Crippen LogP contribution is -2.48. The van der Waals surface area contributed by atoms with Crippen molar-refractivity contribution in [3.63, 3.8) is 0 Å². The van der Waals surface area contributed by atoms with Crippen LogP contribution in [0.4, 0.5) is 0 Å². The summed E-state index contributed by atoms with van der Waals surface area (Å²) in [5.41, 5.74) is 5.57. The van der Waals surface area contributed by atoms with Gasteiger partial charge in [0.05, 0.1) is 17.7 Å². The van der Waals surface area contributed by atoms with Crippen LogP contribution in [0.25, 0.3) is 11.1 Å². The lowest BCUT2D eigenvalue weighted by Gasteiger charge is -2.26. The number of halogens is 1. The second-order valence-corrected chi connectivity index (χ2v) is 11.6. The van der Waals surface area contributed by atoms with Crippen molar-refractivity contribution < 1.29 is 44.5 Å². The predicted octanol–water partition coefficient (Wildman–Crippen LogP) is 3.17. The van der Waals surface area contributed by atoms with Gasteiger partial charge < -0.3 is 49.8 Å². The normalized spacial score (nSPS) is 15.0. The zero-order valence-corrected chi connectivity index (χ0v) is 26.6. The molecule has 2 heterocycles. The van der Waals surface area contributed by atoms with E-state index in [9.17, 15) is 20.4 Å². The van der Waals surface area contributed by atoms with Crippen molar-refractivity contribution in [3.05, 3.63) is 100 Å². The van der Waals surface area contributed by atoms with Crippen molar-refractivity contribution >= 4 is 11.6 Å². The van der Waals surface area contributed by atoms with Crippen LogP contribution < -0.4 is 24.3 Å². The third kappa shape index (κ3) is 8.70. The fraction of sp³-hybridized carbons (Fsp3) is 0.343. The minimum atomic E-state index is -1.72. The maximum Gasteiger partial charge on any atom is 0.161 e. The first-order valence-electron chi connectivity index (χ1n) is 15.2. The Morgan fingerprint density at radius 1 is 0.851 bits per heavy atom. The van der Waals surface area contributed by atoms with Crippen molar-refractivity contribution in [2.45, 2.75) is 51.1 Å². The molecule has 1 aliphatic rings. The molecule has 250 valence electrons. The van der Waals surface area contributed by atoms with E-state index in [2.05, 4.69) is 16.4 Å². The Hall–Kier alpha value is -3.94. The third-order valence-corrected chi connectivity index (χ3v) is 8.20. The molecule has 0 aliphatic carbocycles. The second kappa shape index (κ2) is 16.2. The molecule has 0 saturated heterocycles. The molecule has 0 fully saturated rings. The molecule has 0 radical (unpaired) electrons. The average molecular weight is 667 g/mol. The topological polar surface area (TPSA) is 163 Å². The highest BCUT2D eigenvalue weighted by atomic mass is 35.5. The smallest absolute Gasteiger partial charge is 0.161 e. The van der Waals surface area contributed by atoms with Crippen LogP contribution in [0.1, 0.15) is 22.3 Å². The molecule has 0 amide bonds. The minimum Gasteiger partial charge on any atom is -0.488 e. The molecule has 0 unspecified atom stereocenters. The molecule has 1 aliphatic heterocycles. The number of hydrogen-bond acceptors (Lipinski definition) is 11. The third-order valence-electron chi connectivity index (χ3n) is 7.91. The predicted molar refractivity (Wildman–Crippen MR) is 175 cm³/mol. The van der Waals surface area contributed by atoms with Gasteiger partial charge in [-0.2, -0.15) is 0 Å². The van der Waals surface area contributed by atoms with E-state index in [1.54, 1.807) is 24.5 Å². The van der Waals surface area contributed by atoms with E-state index in [1.165, 1.54) is 0 Å². The summed E-state index contributed by atoms with van der Waals surface area (Å²) in [6.45, 7) is 2.85. The van der Waals surface area contributed by atoms with Gasteiger partial charge in [0.1, 0.15) is 56.2 Å². The van der Waals surface area contributed by atoms with Crippen molar-refractivity contribution in [1.29, 1.82) is 0 Å². The Morgan fingerprint density at radius 2 is 1.62 bits per heavy atom. The Balaban J connectivity index is 1.31. The molecule has 6 N–H and O–H groups in total. The van der Waals surface area contributed by atoms with Crippen molar-refractivity contribution in [1.82, 2.24) is 10.3 Å². The van der Waals surface area contributed by atoms with Crippen LogP contribution in [0.15, 0.2) is 73.1 Å². The summed E-state index contributed by atoms with van der Waals surface area (Å²) in [4.78, 5) is 4.13. The van der Waals surface area contributed by atoms with Gasteiger partial charge >= 0.3 is 0 Å². The first kappa shape index (κ1) is 34.4. The van der Waals surface area contributed by atoms with Crippen molar-refractivity contribution in [2.24, 2.45) is 0 Å². The molecule has 0 spiro atoms. The van der Waals surface area contributed by atoms with E-state index in [0.29, 0.717) is 35.3 Å². The van der Waals surface area contributed by atoms with E-state index >= 15 is 0 Å². The molecule has 4 aromatic rings. The fourth-order valence-electron chi connectivity index (χ4n) is 5.16. The van der Waals surface area contributed by atoms with E-state index in [4.69, 9.17) is 35.7 Å². The molecule has 47 heavy (non-hydrogen) atoms. The minimum absolute atomic E-state index is 0.132. The van der Waals surface area contributed by atoms with Crippen LogP contribution in [-0.4, -0.2) is 81.3 Å². The van der Waals surface area contributed by atoms with Gasteiger partial charge in [-0.1, -0.05) is 41.9 Å². The van der Waals surface area contributed by atoms with Gasteiger partial charge in [0, 0.05) is 42.7 Å². The highest BCUT2D eigenvalue weighted by Crippen LogP contribution is 2.37. The van der Waals surface area contributed by atoms with Gasteiger partial charge in [-0.05, 0) is 53.4 Å². The number of fused-ring (bicyclic) bond motifs is 1. The van der Waals surface area contributed by atoms with Crippen molar-refractivity contribution in [3.8, 4) is 34.1 Å². The first-order chi connectivity index (χ1) is 22.7. The second-order valence-electron chi connectivity index (χ2n) is 11.2. The molecule has 5 rings (SSSR count). The molecule has 12 heteroatoms. The molecular formula is C35H39ClN2O9. The van der Waals surface area contributed by atoms with Crippen LogP contribution >= 0.6 is 11.6 Å². The molecule has 3 aromatic carbocycles. The quantitative estimate of drug-likeness (QED) is 0.111. The lowest BCUT2D eigenvalue weighted by atomic mass is 9.96. The van der Waals surface area contributed by atoms with E-state index < -0.39 is 31.0 Å². The molecule has 0 bridgehead atoms. The fourth-order valence-corrected chi connectivity index (χ4v) is 5.40. The number of benzene rings is 3. The molecular weight excluding hydrogens is 628 g/mol. The van der Waals surface area contributed by atoms with Gasteiger partial charge in [-0.15, -0.1) is 0 Å². The summed E-state index contributed by atoms with van der Waals surface area (Å²) >= 11 is 6.69. The number of aliphatic hydroxyl groups excluding tert-OH is 5. The number of nitrogens with zero attached hydrogens (tertiary/aromatic N) is 1. The summed E-state index contributed by atoms with van der Waals surface area (Å²) < 4.78 is 23.8. The van der Waals surface area contributed by atoms with E-state index in [1.807, 2.05) is 49.4 Å². The standard InChI is InChI=1S/C35H39ClN2O9/c1-21-24(5-2-6-26(21)23-7-8-30-33(13-23)45-11-10-44-30)20-47-32-14-31(46-19-22-4-3-9-37-15-22)25(12-27(32)36)16-38-17-28(40)34(42)35(43)29(41)18-39/h2-9,12-15,28-29,34-35,38-43H,10-11,16-20H2,1H3/t28-,29+,34+,35+/m0/s1. The Labute approximate surface area is 277 Å². The summed E-state index contributed by atoms with van der Waals surface area (Å²) in [6.07, 6.45) is -3.03. The zero-order chi connectivity index (χ0) is 33.3. The monoisotopic (exact) mass is 666 g/mol. The lowest BCUT2D eigenvalue weighted by molar-refractivity contribution is -0.114. The summed E-state index contributed by atoms with van der Waals surface area (Å²) in [6, 6.07) is 19.1. The van der Waals surface area contributed by atoms with Gasteiger partial charge in [0.15, 0.2) is 11.5 Å². The maximum atomic E-state index is 10.3. The van der Waals surface area contributed by atoms with Gasteiger partial charge in [0.25, 0.3) is 0 Å². The Kier molecular flexibility index (Phi) is 11.9. The van der Waals surface area contributed by atoms with Gasteiger partial charge in [-0.3, -0.25) is 4.98 Å². The number of rotatable bonds is 15. The number of aliphatic hydroxyl groups is 5. The number of hydrogen-bond donors (Lipinski definition) is 6. The van der Waals surface area contributed by atoms with Gasteiger partial charge in [0.2, 0.25) is 0 Å². The maximum absolute atomic E-state index is 10.3. The van der Waals surface area contributed by atoms with Crippen LogP contribution in [0.5, 0.6) is 23.0 Å². The van der Waals surface area contributed by atoms with E-state index in [-0.39, 0.29) is 26.3 Å². The number of nitrogens with one attached hydrogen (secondary N) is 1.